The van der Waals surface area contributed by atoms with Gasteiger partial charge in [-0.3, -0.25) is 9.59 Å². The highest BCUT2D eigenvalue weighted by Crippen LogP contribution is 2.38. The van der Waals surface area contributed by atoms with Gasteiger partial charge >= 0.3 is 5.97 Å². The Kier molecular flexibility index (Phi) is 5.56. The molecule has 2 heterocycles. The first kappa shape index (κ1) is 20.5. The second-order valence-corrected chi connectivity index (χ2v) is 8.54. The van der Waals surface area contributed by atoms with Gasteiger partial charge in [-0.15, -0.1) is 0 Å². The average molecular weight is 429 g/mol. The maximum Gasteiger partial charge on any atom is 0.307 e. The molecular formula is C22H25ClN4O3. The third kappa shape index (κ3) is 3.81. The second kappa shape index (κ2) is 8.14. The molecule has 158 valence electrons. The first-order valence-electron chi connectivity index (χ1n) is 10.1. The molecule has 3 unspecified atom stereocenters. The lowest BCUT2D eigenvalue weighted by atomic mass is 9.72. The van der Waals surface area contributed by atoms with Gasteiger partial charge < -0.3 is 20.6 Å². The van der Waals surface area contributed by atoms with Crippen LogP contribution in [0.1, 0.15) is 30.0 Å². The first-order chi connectivity index (χ1) is 14.3. The number of carbonyl (C=O) groups excluding carboxylic acids is 1. The molecule has 0 bridgehead atoms. The number of nitrogens with zero attached hydrogens (tertiary/aromatic N) is 3. The molecule has 1 saturated carbocycles. The number of pyridine rings is 1. The minimum atomic E-state index is -0.883. The predicted molar refractivity (Wildman–Crippen MR) is 115 cm³/mol. The normalized spacial score (nSPS) is 23.7. The molecule has 0 radical (unpaired) electrons. The number of nitrogens with two attached hydrogens (primary N) is 1. The molecular weight excluding hydrogens is 404 g/mol. The number of carboxylic acid groups (broad SMARTS) is 1. The quantitative estimate of drug-likeness (QED) is 0.776. The lowest BCUT2D eigenvalue weighted by molar-refractivity contribution is -0.157. The number of aromatic nitrogens is 1. The minimum Gasteiger partial charge on any atom is -0.481 e. The van der Waals surface area contributed by atoms with Crippen LogP contribution in [0.25, 0.3) is 0 Å². The largest absolute Gasteiger partial charge is 0.481 e. The van der Waals surface area contributed by atoms with Gasteiger partial charge in [-0.1, -0.05) is 41.4 Å². The molecule has 2 aliphatic rings. The Morgan fingerprint density at radius 3 is 2.47 bits per heavy atom. The zero-order chi connectivity index (χ0) is 21.4. The van der Waals surface area contributed by atoms with E-state index in [1.165, 1.54) is 0 Å². The number of carbonyl (C=O) groups is 2. The Hall–Kier alpha value is -2.80. The Morgan fingerprint density at radius 1 is 1.17 bits per heavy atom. The van der Waals surface area contributed by atoms with Crippen molar-refractivity contribution in [2.75, 3.05) is 30.3 Å². The third-order valence-corrected chi connectivity index (χ3v) is 6.40. The molecule has 1 amide bonds. The number of anilines is 2. The Balaban J connectivity index is 1.62. The van der Waals surface area contributed by atoms with Crippen LogP contribution in [0.2, 0.25) is 5.02 Å². The standard InChI is InChI=1S/C22H25ClN4O3/c1-13-2-4-14(5-3-13)19-12-26(21(28)16-6-7-17(16)22(29)30)8-9-27(19)20-18(24)10-15(23)11-25-20/h2-5,10-11,16-17,19H,6-9,12,24H2,1H3,(H,29,30). The topological polar surface area (TPSA) is 99.8 Å². The van der Waals surface area contributed by atoms with E-state index in [1.807, 2.05) is 19.1 Å². The SMILES string of the molecule is Cc1ccc(C2CN(C(=O)C3CCC3C(=O)O)CCN2c2ncc(Cl)cc2N)cc1. The number of halogens is 1. The minimum absolute atomic E-state index is 0.0672. The summed E-state index contributed by atoms with van der Waals surface area (Å²) in [4.78, 5) is 32.8. The van der Waals surface area contributed by atoms with Crippen LogP contribution < -0.4 is 10.6 Å². The van der Waals surface area contributed by atoms with Crippen LogP contribution in [0.5, 0.6) is 0 Å². The van der Waals surface area contributed by atoms with Crippen molar-refractivity contribution >= 4 is 35.0 Å². The van der Waals surface area contributed by atoms with E-state index in [9.17, 15) is 14.7 Å². The van der Waals surface area contributed by atoms with Crippen molar-refractivity contribution in [3.05, 3.63) is 52.7 Å². The summed E-state index contributed by atoms with van der Waals surface area (Å²) < 4.78 is 0. The highest BCUT2D eigenvalue weighted by atomic mass is 35.5. The molecule has 30 heavy (non-hydrogen) atoms. The summed E-state index contributed by atoms with van der Waals surface area (Å²) in [6.45, 7) is 3.52. The number of nitrogen functional groups attached to an aromatic ring is 1. The van der Waals surface area contributed by atoms with E-state index in [0.717, 1.165) is 11.1 Å². The highest BCUT2D eigenvalue weighted by molar-refractivity contribution is 6.30. The molecule has 2 fully saturated rings. The van der Waals surface area contributed by atoms with Gasteiger partial charge in [0.05, 0.1) is 28.6 Å². The fourth-order valence-electron chi connectivity index (χ4n) is 4.32. The fourth-order valence-corrected chi connectivity index (χ4v) is 4.49. The summed E-state index contributed by atoms with van der Waals surface area (Å²) >= 11 is 6.03. The monoisotopic (exact) mass is 428 g/mol. The molecule has 1 aromatic heterocycles. The first-order valence-corrected chi connectivity index (χ1v) is 10.5. The summed E-state index contributed by atoms with van der Waals surface area (Å²) in [5, 5.41) is 9.81. The van der Waals surface area contributed by atoms with Crippen molar-refractivity contribution in [1.82, 2.24) is 9.88 Å². The van der Waals surface area contributed by atoms with E-state index in [4.69, 9.17) is 17.3 Å². The average Bonchev–Trinajstić information content (AvgIpc) is 2.67. The van der Waals surface area contributed by atoms with Crippen LogP contribution in [0, 0.1) is 18.8 Å². The summed E-state index contributed by atoms with van der Waals surface area (Å²) in [5.74, 6) is -1.30. The maximum absolute atomic E-state index is 13.1. The van der Waals surface area contributed by atoms with Crippen LogP contribution in [0.15, 0.2) is 36.5 Å². The summed E-state index contributed by atoms with van der Waals surface area (Å²) in [5.41, 5.74) is 8.90. The van der Waals surface area contributed by atoms with Crippen molar-refractivity contribution in [2.24, 2.45) is 11.8 Å². The van der Waals surface area contributed by atoms with Gasteiger partial charge in [-0.25, -0.2) is 4.98 Å². The molecule has 0 spiro atoms. The highest BCUT2D eigenvalue weighted by Gasteiger charge is 2.44. The van der Waals surface area contributed by atoms with Crippen molar-refractivity contribution in [3.8, 4) is 0 Å². The number of carboxylic acids is 1. The van der Waals surface area contributed by atoms with Crippen LogP contribution in [-0.2, 0) is 9.59 Å². The van der Waals surface area contributed by atoms with E-state index >= 15 is 0 Å². The molecule has 2 aromatic rings. The molecule has 1 aliphatic carbocycles. The Bertz CT molecular complexity index is 965. The van der Waals surface area contributed by atoms with E-state index in [1.54, 1.807) is 17.2 Å². The number of benzene rings is 1. The van der Waals surface area contributed by atoms with Crippen molar-refractivity contribution in [3.63, 3.8) is 0 Å². The molecule has 1 aliphatic heterocycles. The molecule has 1 aromatic carbocycles. The number of amides is 1. The van der Waals surface area contributed by atoms with Crippen LogP contribution >= 0.6 is 11.6 Å². The lowest BCUT2D eigenvalue weighted by Gasteiger charge is -2.45. The molecule has 8 heteroatoms. The van der Waals surface area contributed by atoms with Crippen molar-refractivity contribution in [2.45, 2.75) is 25.8 Å². The van der Waals surface area contributed by atoms with E-state index in [-0.39, 0.29) is 11.9 Å². The summed E-state index contributed by atoms with van der Waals surface area (Å²) in [6, 6.07) is 9.73. The van der Waals surface area contributed by atoms with Gasteiger partial charge in [0.25, 0.3) is 0 Å². The molecule has 7 nitrogen and oxygen atoms in total. The van der Waals surface area contributed by atoms with Crippen LogP contribution in [0.4, 0.5) is 11.5 Å². The number of aliphatic carboxylic acids is 1. The van der Waals surface area contributed by atoms with Gasteiger partial charge in [0, 0.05) is 25.8 Å². The fraction of sp³-hybridized carbons (Fsp3) is 0.409. The maximum atomic E-state index is 13.1. The summed E-state index contributed by atoms with van der Waals surface area (Å²) in [7, 11) is 0. The van der Waals surface area contributed by atoms with Crippen LogP contribution in [-0.4, -0.2) is 46.5 Å². The number of rotatable bonds is 4. The number of aryl methyl sites for hydroxylation is 1. The second-order valence-electron chi connectivity index (χ2n) is 8.10. The van der Waals surface area contributed by atoms with Gasteiger partial charge in [-0.2, -0.15) is 0 Å². The number of hydrogen-bond acceptors (Lipinski definition) is 5. The smallest absolute Gasteiger partial charge is 0.307 e. The number of piperazine rings is 1. The van der Waals surface area contributed by atoms with Gasteiger partial charge in [0.1, 0.15) is 0 Å². The Labute approximate surface area is 180 Å². The lowest BCUT2D eigenvalue weighted by Crippen LogP contribution is -2.55. The molecule has 4 rings (SSSR count). The van der Waals surface area contributed by atoms with Gasteiger partial charge in [0.2, 0.25) is 5.91 Å². The predicted octanol–water partition coefficient (Wildman–Crippen LogP) is 3.13. The third-order valence-electron chi connectivity index (χ3n) is 6.20. The number of hydrogen-bond donors (Lipinski definition) is 2. The zero-order valence-electron chi connectivity index (χ0n) is 16.8. The van der Waals surface area contributed by atoms with E-state index < -0.39 is 17.8 Å². The van der Waals surface area contributed by atoms with E-state index in [2.05, 4.69) is 22.0 Å². The van der Waals surface area contributed by atoms with Gasteiger partial charge in [0.15, 0.2) is 5.82 Å². The zero-order valence-corrected chi connectivity index (χ0v) is 17.5. The molecule has 3 N–H and O–H groups in total. The Morgan fingerprint density at radius 2 is 1.87 bits per heavy atom. The summed E-state index contributed by atoms with van der Waals surface area (Å²) in [6.07, 6.45) is 2.78. The van der Waals surface area contributed by atoms with E-state index in [0.29, 0.717) is 49.0 Å². The molecule has 1 saturated heterocycles. The molecule has 3 atom stereocenters. The van der Waals surface area contributed by atoms with Crippen molar-refractivity contribution < 1.29 is 14.7 Å². The van der Waals surface area contributed by atoms with Gasteiger partial charge in [-0.05, 0) is 31.4 Å². The van der Waals surface area contributed by atoms with Crippen LogP contribution in [0.3, 0.4) is 0 Å². The van der Waals surface area contributed by atoms with Crippen molar-refractivity contribution in [1.29, 1.82) is 0 Å².